The summed E-state index contributed by atoms with van der Waals surface area (Å²) in [6.45, 7) is 0. The Hall–Kier alpha value is -4.14. The Balaban J connectivity index is 1.58. The topological polar surface area (TPSA) is 97.1 Å². The number of anilines is 2. The Morgan fingerprint density at radius 2 is 1.10 bits per heavy atom. The molecule has 0 radical (unpaired) electrons. The molecule has 0 saturated carbocycles. The largest absolute Gasteiger partial charge is 0.301 e. The van der Waals surface area contributed by atoms with E-state index < -0.39 is 11.8 Å². The predicted octanol–water partition coefficient (Wildman–Crippen LogP) is 3.65. The molecule has 0 fully saturated rings. The Kier molecular flexibility index (Phi) is 6.21. The zero-order valence-corrected chi connectivity index (χ0v) is 14.8. The van der Waals surface area contributed by atoms with Gasteiger partial charge in [-0.1, -0.05) is 24.3 Å². The van der Waals surface area contributed by atoms with E-state index in [4.69, 9.17) is 0 Å². The van der Waals surface area contributed by atoms with Crippen LogP contribution in [0.4, 0.5) is 20.4 Å². The molecule has 29 heavy (non-hydrogen) atoms. The van der Waals surface area contributed by atoms with Gasteiger partial charge >= 0.3 is 0 Å². The molecule has 0 saturated heterocycles. The van der Waals surface area contributed by atoms with Gasteiger partial charge in [0.2, 0.25) is 23.5 Å². The molecule has 1 aromatic heterocycles. The van der Waals surface area contributed by atoms with E-state index in [1.165, 1.54) is 72.8 Å². The van der Waals surface area contributed by atoms with E-state index in [1.54, 1.807) is 0 Å². The smallest absolute Gasteiger partial charge is 0.249 e. The number of carbonyl (C=O) groups excluding carboxylic acids is 2. The molecule has 2 N–H and O–H groups in total. The number of halogens is 2. The molecule has 0 unspecified atom stereocenters. The number of amides is 2. The van der Waals surface area contributed by atoms with Crippen molar-refractivity contribution in [1.29, 1.82) is 0 Å². The molecule has 3 rings (SSSR count). The number of carbonyl (C=O) groups is 2. The first-order valence-corrected chi connectivity index (χ1v) is 8.31. The minimum atomic E-state index is -0.553. The standard InChI is InChI=1S/C20H14F2N4O3/c21-15-7-1-13(2-8-15)5-11-17(27)23-19-20(26-29-25-19)24-18(28)12-6-14-3-9-16(22)10-4-14/h1-12H,(H,23,25,27)(H,24,26,28)/b11-5+,12-6+. The zero-order valence-electron chi connectivity index (χ0n) is 14.8. The summed E-state index contributed by atoms with van der Waals surface area (Å²) in [5, 5.41) is 11.9. The second-order valence-electron chi connectivity index (χ2n) is 5.71. The third kappa shape index (κ3) is 5.93. The number of hydrogen-bond acceptors (Lipinski definition) is 5. The van der Waals surface area contributed by atoms with Crippen LogP contribution in [0.5, 0.6) is 0 Å². The second-order valence-corrected chi connectivity index (χ2v) is 5.71. The summed E-state index contributed by atoms with van der Waals surface area (Å²) in [5.41, 5.74) is 1.25. The van der Waals surface area contributed by atoms with Gasteiger partial charge in [-0.15, -0.1) is 0 Å². The lowest BCUT2D eigenvalue weighted by Crippen LogP contribution is -2.13. The van der Waals surface area contributed by atoms with Crippen LogP contribution in [-0.4, -0.2) is 22.1 Å². The van der Waals surface area contributed by atoms with Crippen molar-refractivity contribution < 1.29 is 23.0 Å². The molecule has 2 amide bonds. The van der Waals surface area contributed by atoms with Gasteiger partial charge in [0.25, 0.3) is 0 Å². The van der Waals surface area contributed by atoms with Gasteiger partial charge in [0.15, 0.2) is 0 Å². The first-order chi connectivity index (χ1) is 14.0. The lowest BCUT2D eigenvalue weighted by atomic mass is 10.2. The Morgan fingerprint density at radius 1 is 0.724 bits per heavy atom. The van der Waals surface area contributed by atoms with E-state index in [2.05, 4.69) is 25.6 Å². The Morgan fingerprint density at radius 3 is 1.48 bits per heavy atom. The molecule has 1 heterocycles. The van der Waals surface area contributed by atoms with Crippen molar-refractivity contribution in [3.63, 3.8) is 0 Å². The second kappa shape index (κ2) is 9.18. The van der Waals surface area contributed by atoms with Crippen LogP contribution in [0, 0.1) is 11.6 Å². The lowest BCUT2D eigenvalue weighted by Gasteiger charge is -2.00. The van der Waals surface area contributed by atoms with E-state index in [9.17, 15) is 18.4 Å². The summed E-state index contributed by atoms with van der Waals surface area (Å²) >= 11 is 0. The Labute approximate surface area is 163 Å². The van der Waals surface area contributed by atoms with Gasteiger partial charge in [-0.05, 0) is 57.9 Å². The number of rotatable bonds is 6. The average Bonchev–Trinajstić information content (AvgIpc) is 3.13. The number of hydrogen-bond donors (Lipinski definition) is 2. The summed E-state index contributed by atoms with van der Waals surface area (Å²) in [5.74, 6) is -2.03. The van der Waals surface area contributed by atoms with E-state index in [0.717, 1.165) is 0 Å². The van der Waals surface area contributed by atoms with Crippen molar-refractivity contribution in [3.05, 3.63) is 83.4 Å². The van der Waals surface area contributed by atoms with Crippen molar-refractivity contribution in [2.75, 3.05) is 10.6 Å². The average molecular weight is 396 g/mol. The zero-order chi connectivity index (χ0) is 20.6. The highest BCUT2D eigenvalue weighted by atomic mass is 19.1. The molecule has 0 aliphatic rings. The van der Waals surface area contributed by atoms with Gasteiger partial charge in [0.05, 0.1) is 0 Å². The molecule has 0 aliphatic heterocycles. The van der Waals surface area contributed by atoms with Gasteiger partial charge in [0, 0.05) is 12.2 Å². The van der Waals surface area contributed by atoms with Crippen LogP contribution in [0.2, 0.25) is 0 Å². The molecular weight excluding hydrogens is 382 g/mol. The molecule has 0 aliphatic carbocycles. The van der Waals surface area contributed by atoms with Crippen LogP contribution in [0.25, 0.3) is 12.2 Å². The number of nitrogens with zero attached hydrogens (tertiary/aromatic N) is 2. The van der Waals surface area contributed by atoms with Crippen LogP contribution in [-0.2, 0) is 9.59 Å². The van der Waals surface area contributed by atoms with Gasteiger partial charge in [-0.3, -0.25) is 9.59 Å². The maximum atomic E-state index is 12.9. The third-order valence-electron chi connectivity index (χ3n) is 3.57. The lowest BCUT2D eigenvalue weighted by molar-refractivity contribution is -0.112. The minimum Gasteiger partial charge on any atom is -0.301 e. The highest BCUT2D eigenvalue weighted by Crippen LogP contribution is 2.16. The number of benzene rings is 2. The van der Waals surface area contributed by atoms with Crippen molar-refractivity contribution in [2.45, 2.75) is 0 Å². The first kappa shape index (κ1) is 19.6. The van der Waals surface area contributed by atoms with Crippen LogP contribution in [0.1, 0.15) is 11.1 Å². The van der Waals surface area contributed by atoms with E-state index in [-0.39, 0.29) is 23.3 Å². The molecule has 3 aromatic rings. The monoisotopic (exact) mass is 396 g/mol. The van der Waals surface area contributed by atoms with Crippen LogP contribution >= 0.6 is 0 Å². The Bertz CT molecular complexity index is 974. The highest BCUT2D eigenvalue weighted by molar-refractivity contribution is 6.06. The maximum Gasteiger partial charge on any atom is 0.249 e. The van der Waals surface area contributed by atoms with E-state index in [0.29, 0.717) is 11.1 Å². The molecule has 2 aromatic carbocycles. The summed E-state index contributed by atoms with van der Waals surface area (Å²) in [4.78, 5) is 24.0. The van der Waals surface area contributed by atoms with Gasteiger partial charge in [-0.2, -0.15) is 0 Å². The quantitative estimate of drug-likeness (QED) is 0.620. The van der Waals surface area contributed by atoms with Gasteiger partial charge < -0.3 is 10.6 Å². The summed E-state index contributed by atoms with van der Waals surface area (Å²) < 4.78 is 30.3. The van der Waals surface area contributed by atoms with Crippen LogP contribution in [0.3, 0.4) is 0 Å². The number of nitrogens with one attached hydrogen (secondary N) is 2. The van der Waals surface area contributed by atoms with Crippen LogP contribution < -0.4 is 10.6 Å². The maximum absolute atomic E-state index is 12.9. The molecule has 9 heteroatoms. The van der Waals surface area contributed by atoms with Crippen molar-refractivity contribution in [3.8, 4) is 0 Å². The van der Waals surface area contributed by atoms with Crippen molar-refractivity contribution in [1.82, 2.24) is 10.3 Å². The normalized spacial score (nSPS) is 11.1. The molecule has 7 nitrogen and oxygen atoms in total. The SMILES string of the molecule is O=C(/C=C/c1ccc(F)cc1)Nc1nonc1NC(=O)/C=C/c1ccc(F)cc1. The fourth-order valence-corrected chi connectivity index (χ4v) is 2.16. The predicted molar refractivity (Wildman–Crippen MR) is 102 cm³/mol. The van der Waals surface area contributed by atoms with Crippen LogP contribution in [0.15, 0.2) is 65.3 Å². The molecular formula is C20H14F2N4O3. The molecule has 0 bridgehead atoms. The fourth-order valence-electron chi connectivity index (χ4n) is 2.16. The van der Waals surface area contributed by atoms with Gasteiger partial charge in [-0.25, -0.2) is 13.4 Å². The summed E-state index contributed by atoms with van der Waals surface area (Å²) in [7, 11) is 0. The number of aromatic nitrogens is 2. The summed E-state index contributed by atoms with van der Waals surface area (Å²) in [6.07, 6.45) is 5.38. The third-order valence-corrected chi connectivity index (χ3v) is 3.57. The van der Waals surface area contributed by atoms with E-state index in [1.807, 2.05) is 0 Å². The highest BCUT2D eigenvalue weighted by Gasteiger charge is 2.13. The molecule has 0 spiro atoms. The van der Waals surface area contributed by atoms with Crippen molar-refractivity contribution in [2.24, 2.45) is 0 Å². The van der Waals surface area contributed by atoms with Crippen molar-refractivity contribution >= 4 is 35.6 Å². The summed E-state index contributed by atoms with van der Waals surface area (Å²) in [6, 6.07) is 11.1. The molecule has 0 atom stereocenters. The van der Waals surface area contributed by atoms with Gasteiger partial charge in [0.1, 0.15) is 11.6 Å². The first-order valence-electron chi connectivity index (χ1n) is 8.31. The minimum absolute atomic E-state index is 0.0812. The van der Waals surface area contributed by atoms with E-state index >= 15 is 0 Å². The fraction of sp³-hybridized carbons (Fsp3) is 0. The molecule has 146 valence electrons.